The first-order valence-electron chi connectivity index (χ1n) is 7.74. The molecule has 1 aromatic rings. The number of nitrogens with one attached hydrogen (secondary N) is 1. The number of hydrogen-bond donors (Lipinski definition) is 1. The molecule has 0 spiro atoms. The fourth-order valence-electron chi connectivity index (χ4n) is 3.30. The van der Waals surface area contributed by atoms with Gasteiger partial charge in [-0.3, -0.25) is 4.90 Å². The normalized spacial score (nSPS) is 24.5. The second-order valence-corrected chi connectivity index (χ2v) is 6.80. The first-order valence-corrected chi connectivity index (χ1v) is 8.62. The Morgan fingerprint density at radius 3 is 2.74 bits per heavy atom. The molecule has 0 amide bonds. The van der Waals surface area contributed by atoms with E-state index < -0.39 is 0 Å². The van der Waals surface area contributed by atoms with Crippen LogP contribution < -0.4 is 5.32 Å². The van der Waals surface area contributed by atoms with Crippen LogP contribution in [0.4, 0.5) is 0 Å². The Morgan fingerprint density at radius 1 is 1.26 bits per heavy atom. The van der Waals surface area contributed by atoms with Crippen molar-refractivity contribution < 1.29 is 0 Å². The Balaban J connectivity index is 1.65. The van der Waals surface area contributed by atoms with Crippen molar-refractivity contribution in [2.24, 2.45) is 0 Å². The zero-order chi connectivity index (χ0) is 13.1. The maximum absolute atomic E-state index is 4.97. The van der Waals surface area contributed by atoms with E-state index in [1.54, 1.807) is 0 Å². The number of thiazole rings is 1. The molecule has 1 saturated carbocycles. The van der Waals surface area contributed by atoms with Gasteiger partial charge in [-0.25, -0.2) is 4.98 Å². The molecule has 1 aliphatic carbocycles. The van der Waals surface area contributed by atoms with Crippen molar-refractivity contribution in [3.63, 3.8) is 0 Å². The predicted molar refractivity (Wildman–Crippen MR) is 80.8 cm³/mol. The first-order chi connectivity index (χ1) is 9.34. The lowest BCUT2D eigenvalue weighted by molar-refractivity contribution is 0.185. The highest BCUT2D eigenvalue weighted by Crippen LogP contribution is 2.34. The Morgan fingerprint density at radius 2 is 2.00 bits per heavy atom. The van der Waals surface area contributed by atoms with Crippen molar-refractivity contribution in [1.82, 2.24) is 15.2 Å². The average molecular weight is 279 g/mol. The molecule has 1 atom stereocenters. The molecule has 1 saturated heterocycles. The number of aromatic nitrogens is 1. The van der Waals surface area contributed by atoms with Gasteiger partial charge in [-0.1, -0.05) is 19.3 Å². The molecule has 1 unspecified atom stereocenters. The second-order valence-electron chi connectivity index (χ2n) is 5.91. The van der Waals surface area contributed by atoms with E-state index in [-0.39, 0.29) is 0 Å². The van der Waals surface area contributed by atoms with Gasteiger partial charge in [-0.15, -0.1) is 11.3 Å². The van der Waals surface area contributed by atoms with Crippen molar-refractivity contribution in [2.45, 2.75) is 51.0 Å². The number of hydrogen-bond acceptors (Lipinski definition) is 4. The molecular formula is C15H25N3S. The Kier molecular flexibility index (Phi) is 4.51. The first kappa shape index (κ1) is 13.5. The molecule has 0 radical (unpaired) electrons. The fraction of sp³-hybridized carbons (Fsp3) is 0.800. The summed E-state index contributed by atoms with van der Waals surface area (Å²) in [7, 11) is 0. The Labute approximate surface area is 120 Å². The average Bonchev–Trinajstić information content (AvgIpc) is 2.98. The maximum Gasteiger partial charge on any atom is 0.110 e. The van der Waals surface area contributed by atoms with Gasteiger partial charge in [0, 0.05) is 37.5 Å². The van der Waals surface area contributed by atoms with Gasteiger partial charge in [0.25, 0.3) is 0 Å². The molecule has 1 N–H and O–H groups in total. The van der Waals surface area contributed by atoms with Crippen LogP contribution in [0.15, 0.2) is 5.38 Å². The predicted octanol–water partition coefficient (Wildman–Crippen LogP) is 3.16. The van der Waals surface area contributed by atoms with E-state index in [1.165, 1.54) is 42.8 Å². The zero-order valence-corrected chi connectivity index (χ0v) is 12.7. The third-order valence-electron chi connectivity index (χ3n) is 4.62. The third kappa shape index (κ3) is 3.18. The standard InChI is InChI=1S/C15H25N3S/c1-12(18-9-7-16-8-10-18)15-17-14(11-19-15)13-5-3-2-4-6-13/h11-13,16H,2-10H2,1H3. The van der Waals surface area contributed by atoms with Crippen molar-refractivity contribution in [3.8, 4) is 0 Å². The van der Waals surface area contributed by atoms with Crippen LogP contribution in [0.25, 0.3) is 0 Å². The maximum atomic E-state index is 4.97. The van der Waals surface area contributed by atoms with Gasteiger partial charge in [0.1, 0.15) is 5.01 Å². The van der Waals surface area contributed by atoms with E-state index in [9.17, 15) is 0 Å². The zero-order valence-electron chi connectivity index (χ0n) is 11.9. The van der Waals surface area contributed by atoms with Crippen LogP contribution in [0.3, 0.4) is 0 Å². The van der Waals surface area contributed by atoms with E-state index in [2.05, 4.69) is 22.5 Å². The van der Waals surface area contributed by atoms with Crippen LogP contribution in [0.1, 0.15) is 61.7 Å². The number of rotatable bonds is 3. The van der Waals surface area contributed by atoms with Crippen LogP contribution in [0.2, 0.25) is 0 Å². The second kappa shape index (κ2) is 6.33. The summed E-state index contributed by atoms with van der Waals surface area (Å²) in [6.07, 6.45) is 6.91. The summed E-state index contributed by atoms with van der Waals surface area (Å²) in [4.78, 5) is 7.52. The minimum absolute atomic E-state index is 0.490. The lowest BCUT2D eigenvalue weighted by Crippen LogP contribution is -2.44. The fourth-order valence-corrected chi connectivity index (χ4v) is 4.29. The molecule has 3 nitrogen and oxygen atoms in total. The van der Waals surface area contributed by atoms with Gasteiger partial charge in [0.05, 0.1) is 11.7 Å². The summed E-state index contributed by atoms with van der Waals surface area (Å²) < 4.78 is 0. The number of nitrogens with zero attached hydrogens (tertiary/aromatic N) is 2. The van der Waals surface area contributed by atoms with Crippen LogP contribution in [0.5, 0.6) is 0 Å². The van der Waals surface area contributed by atoms with Crippen molar-refractivity contribution in [3.05, 3.63) is 16.1 Å². The van der Waals surface area contributed by atoms with Crippen LogP contribution in [-0.2, 0) is 0 Å². The molecule has 2 aliphatic rings. The highest BCUT2D eigenvalue weighted by molar-refractivity contribution is 7.09. The van der Waals surface area contributed by atoms with Crippen LogP contribution >= 0.6 is 11.3 Å². The summed E-state index contributed by atoms with van der Waals surface area (Å²) in [5.41, 5.74) is 1.38. The lowest BCUT2D eigenvalue weighted by atomic mass is 9.87. The highest BCUT2D eigenvalue weighted by atomic mass is 32.1. The van der Waals surface area contributed by atoms with E-state index in [0.29, 0.717) is 6.04 Å². The minimum atomic E-state index is 0.490. The van der Waals surface area contributed by atoms with Crippen molar-refractivity contribution in [2.75, 3.05) is 26.2 Å². The molecule has 2 heterocycles. The molecule has 2 fully saturated rings. The molecule has 3 rings (SSSR count). The van der Waals surface area contributed by atoms with E-state index in [0.717, 1.165) is 32.1 Å². The summed E-state index contributed by atoms with van der Waals surface area (Å²) in [6.45, 7) is 6.85. The van der Waals surface area contributed by atoms with Gasteiger partial charge in [-0.05, 0) is 19.8 Å². The highest BCUT2D eigenvalue weighted by Gasteiger charge is 2.23. The number of piperazine rings is 1. The molecule has 1 aromatic heterocycles. The topological polar surface area (TPSA) is 28.2 Å². The largest absolute Gasteiger partial charge is 0.314 e. The third-order valence-corrected chi connectivity index (χ3v) is 5.65. The van der Waals surface area contributed by atoms with Crippen LogP contribution in [-0.4, -0.2) is 36.1 Å². The monoisotopic (exact) mass is 279 g/mol. The summed E-state index contributed by atoms with van der Waals surface area (Å²) in [6, 6.07) is 0.490. The van der Waals surface area contributed by atoms with Gasteiger partial charge >= 0.3 is 0 Å². The summed E-state index contributed by atoms with van der Waals surface area (Å²) in [5.74, 6) is 0.744. The molecule has 106 valence electrons. The molecule has 1 aliphatic heterocycles. The smallest absolute Gasteiger partial charge is 0.110 e. The minimum Gasteiger partial charge on any atom is -0.314 e. The Hall–Kier alpha value is -0.450. The lowest BCUT2D eigenvalue weighted by Gasteiger charge is -2.31. The molecule has 4 heteroatoms. The van der Waals surface area contributed by atoms with E-state index >= 15 is 0 Å². The summed E-state index contributed by atoms with van der Waals surface area (Å²) >= 11 is 1.87. The Bertz CT molecular complexity index is 392. The molecule has 0 bridgehead atoms. The SMILES string of the molecule is CC(c1nc(C2CCCCC2)cs1)N1CCNCC1. The van der Waals surface area contributed by atoms with E-state index in [4.69, 9.17) is 4.98 Å². The van der Waals surface area contributed by atoms with Gasteiger partial charge < -0.3 is 5.32 Å². The van der Waals surface area contributed by atoms with Gasteiger partial charge in [0.15, 0.2) is 0 Å². The molecule has 19 heavy (non-hydrogen) atoms. The molecule has 0 aromatic carbocycles. The van der Waals surface area contributed by atoms with Crippen molar-refractivity contribution >= 4 is 11.3 Å². The van der Waals surface area contributed by atoms with E-state index in [1.807, 2.05) is 11.3 Å². The quantitative estimate of drug-likeness (QED) is 0.921. The summed E-state index contributed by atoms with van der Waals surface area (Å²) in [5, 5.41) is 7.06. The van der Waals surface area contributed by atoms with Gasteiger partial charge in [-0.2, -0.15) is 0 Å². The molecular weight excluding hydrogens is 254 g/mol. The van der Waals surface area contributed by atoms with Crippen LogP contribution in [0, 0.1) is 0 Å². The van der Waals surface area contributed by atoms with Crippen molar-refractivity contribution in [1.29, 1.82) is 0 Å². The van der Waals surface area contributed by atoms with Gasteiger partial charge in [0.2, 0.25) is 0 Å².